The third-order valence-corrected chi connectivity index (χ3v) is 6.46. The van der Waals surface area contributed by atoms with Crippen molar-refractivity contribution in [2.75, 3.05) is 6.61 Å². The minimum atomic E-state index is -1.63. The number of carbonyl (C=O) groups excluding carboxylic acids is 2. The van der Waals surface area contributed by atoms with E-state index in [-0.39, 0.29) is 12.4 Å². The van der Waals surface area contributed by atoms with Crippen molar-refractivity contribution in [3.8, 4) is 0 Å². The predicted molar refractivity (Wildman–Crippen MR) is 133 cm³/mol. The Kier molecular flexibility index (Phi) is 18.0. The molecule has 0 aliphatic carbocycles. The summed E-state index contributed by atoms with van der Waals surface area (Å²) in [5, 5.41) is 38.9. The van der Waals surface area contributed by atoms with Crippen molar-refractivity contribution in [2.24, 2.45) is 0 Å². The Morgan fingerprint density at radius 1 is 0.833 bits per heavy atom. The molecule has 6 atom stereocenters. The lowest BCUT2D eigenvalue weighted by molar-refractivity contribution is -0.313. The van der Waals surface area contributed by atoms with Gasteiger partial charge in [0, 0.05) is 6.42 Å². The Labute approximate surface area is 215 Å². The van der Waals surface area contributed by atoms with E-state index in [0.717, 1.165) is 38.5 Å². The normalized spacial score (nSPS) is 24.9. The minimum Gasteiger partial charge on any atom is -0.462 e. The van der Waals surface area contributed by atoms with Gasteiger partial charge in [0.15, 0.2) is 0 Å². The maximum atomic E-state index is 12.5. The molecule has 10 nitrogen and oxygen atoms in total. The zero-order chi connectivity index (χ0) is 26.8. The van der Waals surface area contributed by atoms with Crippen LogP contribution in [0.5, 0.6) is 0 Å². The summed E-state index contributed by atoms with van der Waals surface area (Å²) in [6.07, 6.45) is 5.87. The fraction of sp³-hybridized carbons (Fsp3) is 0.923. The second-order valence-electron chi connectivity index (χ2n) is 9.73. The van der Waals surface area contributed by atoms with Crippen LogP contribution in [-0.4, -0.2) is 75.7 Å². The van der Waals surface area contributed by atoms with Gasteiger partial charge in [0.1, 0.15) is 30.5 Å². The van der Waals surface area contributed by atoms with E-state index in [1.807, 2.05) is 0 Å². The number of aliphatic hydroxyl groups is 4. The summed E-state index contributed by atoms with van der Waals surface area (Å²) in [4.78, 5) is 29.8. The average molecular weight is 520 g/mol. The quantitative estimate of drug-likeness (QED) is 0.0927. The predicted octanol–water partition coefficient (Wildman–Crippen LogP) is 2.64. The van der Waals surface area contributed by atoms with Gasteiger partial charge in [-0.1, -0.05) is 78.1 Å². The number of esters is 1. The number of hydrogen-bond acceptors (Lipinski definition) is 9. The van der Waals surface area contributed by atoms with Gasteiger partial charge in [-0.2, -0.15) is 0 Å². The van der Waals surface area contributed by atoms with Gasteiger partial charge in [-0.25, -0.2) is 10.3 Å². The van der Waals surface area contributed by atoms with Crippen molar-refractivity contribution >= 4 is 11.9 Å². The molecule has 1 aliphatic rings. The maximum absolute atomic E-state index is 12.5. The smallest absolute Gasteiger partial charge is 0.306 e. The van der Waals surface area contributed by atoms with Crippen LogP contribution in [0.25, 0.3) is 0 Å². The summed E-state index contributed by atoms with van der Waals surface area (Å²) in [6, 6.07) is 0. The first-order chi connectivity index (χ1) is 17.3. The lowest BCUT2D eigenvalue weighted by Gasteiger charge is -2.39. The number of unbranched alkanes of at least 4 members (excludes halogenated alkanes) is 10. The molecule has 0 saturated carbocycles. The first-order valence-electron chi connectivity index (χ1n) is 13.8. The Bertz CT molecular complexity index is 590. The summed E-state index contributed by atoms with van der Waals surface area (Å²) >= 11 is 0. The number of hydrogen-bond donors (Lipinski definition) is 5. The van der Waals surface area contributed by atoms with Gasteiger partial charge in [0.25, 0.3) is 0 Å². The van der Waals surface area contributed by atoms with Crippen molar-refractivity contribution < 1.29 is 44.3 Å². The summed E-state index contributed by atoms with van der Waals surface area (Å²) < 4.78 is 10.8. The summed E-state index contributed by atoms with van der Waals surface area (Å²) in [6.45, 7) is 3.65. The van der Waals surface area contributed by atoms with E-state index in [4.69, 9.17) is 14.3 Å². The van der Waals surface area contributed by atoms with Crippen LogP contribution in [0.2, 0.25) is 0 Å². The molecule has 1 heterocycles. The van der Waals surface area contributed by atoms with Crippen LogP contribution in [0.15, 0.2) is 0 Å². The molecule has 0 aromatic heterocycles. The van der Waals surface area contributed by atoms with Crippen molar-refractivity contribution in [2.45, 2.75) is 147 Å². The van der Waals surface area contributed by atoms with Crippen LogP contribution in [0.1, 0.15) is 110 Å². The van der Waals surface area contributed by atoms with Crippen LogP contribution in [0.4, 0.5) is 0 Å². The molecule has 0 bridgehead atoms. The van der Waals surface area contributed by atoms with Crippen molar-refractivity contribution in [1.29, 1.82) is 0 Å². The molecular weight excluding hydrogens is 470 g/mol. The number of hydroxylamine groups is 1. The second-order valence-corrected chi connectivity index (χ2v) is 9.73. The van der Waals surface area contributed by atoms with Crippen LogP contribution in [0.3, 0.4) is 0 Å². The van der Waals surface area contributed by atoms with E-state index < -0.39 is 49.3 Å². The number of carbonyl (C=O) groups is 2. The zero-order valence-electron chi connectivity index (χ0n) is 22.1. The van der Waals surface area contributed by atoms with Crippen molar-refractivity contribution in [3.05, 3.63) is 0 Å². The highest BCUT2D eigenvalue weighted by Crippen LogP contribution is 2.21. The highest BCUT2D eigenvalue weighted by molar-refractivity contribution is 5.76. The van der Waals surface area contributed by atoms with Gasteiger partial charge in [-0.15, -0.1) is 0 Å². The number of amides is 1. The first kappa shape index (κ1) is 32.7. The molecule has 1 rings (SSSR count). The highest BCUT2D eigenvalue weighted by Gasteiger charge is 2.44. The summed E-state index contributed by atoms with van der Waals surface area (Å²) in [7, 11) is 0. The van der Waals surface area contributed by atoms with E-state index in [0.29, 0.717) is 12.8 Å². The van der Waals surface area contributed by atoms with E-state index >= 15 is 0 Å². The largest absolute Gasteiger partial charge is 0.462 e. The lowest BCUT2D eigenvalue weighted by atomic mass is 9.99. The topological polar surface area (TPSA) is 155 Å². The van der Waals surface area contributed by atoms with Crippen LogP contribution in [0, 0.1) is 0 Å². The van der Waals surface area contributed by atoms with Gasteiger partial charge in [-0.05, 0) is 19.3 Å². The van der Waals surface area contributed by atoms with Crippen LogP contribution >= 0.6 is 0 Å². The molecule has 0 aromatic rings. The SMILES string of the molecule is CCCCCCCCCCC[C@H](CC(=O)NO[C@@H]1O[C@H](CO)[C@@H](O)[C@H](O)[C@H]1O)OC(=O)CCCCC. The molecule has 212 valence electrons. The molecule has 36 heavy (non-hydrogen) atoms. The molecule has 1 fully saturated rings. The third-order valence-electron chi connectivity index (χ3n) is 6.46. The van der Waals surface area contributed by atoms with Gasteiger partial charge in [0.05, 0.1) is 13.0 Å². The molecule has 5 N–H and O–H groups in total. The average Bonchev–Trinajstić information content (AvgIpc) is 2.86. The van der Waals surface area contributed by atoms with E-state index in [2.05, 4.69) is 19.3 Å². The van der Waals surface area contributed by atoms with E-state index in [1.165, 1.54) is 38.5 Å². The van der Waals surface area contributed by atoms with Gasteiger partial charge >= 0.3 is 5.97 Å². The fourth-order valence-corrected chi connectivity index (χ4v) is 4.19. The fourth-order valence-electron chi connectivity index (χ4n) is 4.19. The first-order valence-corrected chi connectivity index (χ1v) is 13.8. The Morgan fingerprint density at radius 3 is 2.03 bits per heavy atom. The Morgan fingerprint density at radius 2 is 1.42 bits per heavy atom. The monoisotopic (exact) mass is 519 g/mol. The van der Waals surface area contributed by atoms with Gasteiger partial charge in [0.2, 0.25) is 12.2 Å². The molecular formula is C26H49NO9. The maximum Gasteiger partial charge on any atom is 0.306 e. The molecule has 1 aliphatic heterocycles. The van der Waals surface area contributed by atoms with Gasteiger partial charge in [-0.3, -0.25) is 9.59 Å². The standard InChI is InChI=1S/C26H49NO9/c1-3-5-7-8-9-10-11-12-14-15-19(34-22(30)16-13-6-4-2)17-21(29)27-36-26-25(33)24(32)23(31)20(18-28)35-26/h19-20,23-26,28,31-33H,3-18H2,1-2H3,(H,27,29)/t19-,20-,23-,24+,25-,26+/m1/s1. The lowest BCUT2D eigenvalue weighted by Crippen LogP contribution is -2.60. The van der Waals surface area contributed by atoms with E-state index in [1.54, 1.807) is 0 Å². The Hall–Kier alpha value is -1.30. The highest BCUT2D eigenvalue weighted by atomic mass is 16.8. The summed E-state index contributed by atoms with van der Waals surface area (Å²) in [5.74, 6) is -0.902. The zero-order valence-corrected chi connectivity index (χ0v) is 22.1. The number of rotatable bonds is 20. The molecule has 0 spiro atoms. The molecule has 0 aromatic carbocycles. The number of ether oxygens (including phenoxy) is 2. The molecule has 1 saturated heterocycles. The number of nitrogens with one attached hydrogen (secondary N) is 1. The third kappa shape index (κ3) is 13.3. The molecule has 1 amide bonds. The van der Waals surface area contributed by atoms with Crippen LogP contribution < -0.4 is 5.48 Å². The Balaban J connectivity index is 2.48. The van der Waals surface area contributed by atoms with Gasteiger partial charge < -0.3 is 29.9 Å². The second kappa shape index (κ2) is 19.8. The van der Waals surface area contributed by atoms with Crippen molar-refractivity contribution in [1.82, 2.24) is 5.48 Å². The minimum absolute atomic E-state index is 0.117. The molecule has 0 unspecified atom stereocenters. The van der Waals surface area contributed by atoms with E-state index in [9.17, 15) is 30.0 Å². The molecule has 0 radical (unpaired) electrons. The van der Waals surface area contributed by atoms with Crippen LogP contribution in [-0.2, 0) is 23.9 Å². The number of aliphatic hydroxyl groups excluding tert-OH is 4. The summed E-state index contributed by atoms with van der Waals surface area (Å²) in [5.41, 5.74) is 2.16. The molecule has 10 heteroatoms. The van der Waals surface area contributed by atoms with Crippen molar-refractivity contribution in [3.63, 3.8) is 0 Å².